The second kappa shape index (κ2) is 25.2. The highest BCUT2D eigenvalue weighted by Gasteiger charge is 1.99. The van der Waals surface area contributed by atoms with Crippen LogP contribution in [0.2, 0.25) is 0 Å². The molecule has 0 aromatic heterocycles. The number of carboxylic acid groups (broad SMARTS) is 2. The van der Waals surface area contributed by atoms with E-state index in [0.717, 1.165) is 0 Å². The predicted octanol–water partition coefficient (Wildman–Crippen LogP) is 7.81. The van der Waals surface area contributed by atoms with E-state index in [1.807, 2.05) is 0 Å². The molecule has 0 fully saturated rings. The van der Waals surface area contributed by atoms with Gasteiger partial charge in [0, 0.05) is 0 Å². The molecule has 0 heterocycles. The zero-order chi connectivity index (χ0) is 20.6. The molecular formula is C23H49NO3. The number of hydrogen-bond donors (Lipinski definition) is 2. The minimum Gasteiger partial charge on any atom is -0.450 e. The van der Waals surface area contributed by atoms with E-state index in [-0.39, 0.29) is 0 Å². The molecule has 0 bridgehead atoms. The highest BCUT2D eigenvalue weighted by atomic mass is 16.6. The van der Waals surface area contributed by atoms with E-state index < -0.39 is 6.16 Å². The van der Waals surface area contributed by atoms with Gasteiger partial charge in [0.2, 0.25) is 0 Å². The third kappa shape index (κ3) is 33.3. The lowest BCUT2D eigenvalue weighted by atomic mass is 10.1. The number of rotatable bonds is 19. The van der Waals surface area contributed by atoms with Crippen molar-refractivity contribution in [1.82, 2.24) is 4.90 Å². The third-order valence-corrected chi connectivity index (χ3v) is 5.04. The highest BCUT2D eigenvalue weighted by Crippen LogP contribution is 2.11. The van der Waals surface area contributed by atoms with Gasteiger partial charge in [0.05, 0.1) is 0 Å². The molecule has 0 spiro atoms. The first-order valence-electron chi connectivity index (χ1n) is 11.6. The molecule has 0 saturated heterocycles. The summed E-state index contributed by atoms with van der Waals surface area (Å²) in [6, 6.07) is 0. The Balaban J connectivity index is 0. The molecule has 0 aromatic rings. The van der Waals surface area contributed by atoms with Crippen molar-refractivity contribution in [2.45, 2.75) is 123 Å². The standard InChI is InChI=1S/C22H47N.CH2O3/c1-4-6-8-10-12-14-16-18-20-22-23(3)21-19-17-15-13-11-9-7-5-2;2-1(3)4/h4-22H2,1-3H3;(H2,2,3,4). The molecule has 0 aromatic carbocycles. The Hall–Kier alpha value is -0.770. The first-order chi connectivity index (χ1) is 13.0. The Morgan fingerprint density at radius 3 is 1.04 bits per heavy atom. The molecule has 0 rings (SSSR count). The van der Waals surface area contributed by atoms with Crippen LogP contribution in [0.25, 0.3) is 0 Å². The maximum absolute atomic E-state index is 8.56. The first kappa shape index (κ1) is 28.4. The van der Waals surface area contributed by atoms with Gasteiger partial charge in [-0.3, -0.25) is 0 Å². The lowest BCUT2D eigenvalue weighted by Gasteiger charge is -2.16. The smallest absolute Gasteiger partial charge is 0.450 e. The summed E-state index contributed by atoms with van der Waals surface area (Å²) in [5.41, 5.74) is 0. The second-order valence-electron chi connectivity index (χ2n) is 7.89. The fourth-order valence-corrected chi connectivity index (χ4v) is 3.32. The first-order valence-corrected chi connectivity index (χ1v) is 11.6. The minimum atomic E-state index is -1.83. The summed E-state index contributed by atoms with van der Waals surface area (Å²) >= 11 is 0. The predicted molar refractivity (Wildman–Crippen MR) is 118 cm³/mol. The van der Waals surface area contributed by atoms with E-state index in [1.54, 1.807) is 0 Å². The molecule has 2 N–H and O–H groups in total. The normalized spacial score (nSPS) is 10.7. The van der Waals surface area contributed by atoms with E-state index in [1.165, 1.54) is 122 Å². The summed E-state index contributed by atoms with van der Waals surface area (Å²) in [6.45, 7) is 7.21. The molecule has 4 heteroatoms. The molecule has 0 saturated carbocycles. The van der Waals surface area contributed by atoms with Crippen molar-refractivity contribution in [2.24, 2.45) is 0 Å². The van der Waals surface area contributed by atoms with Crippen LogP contribution in [0.4, 0.5) is 4.79 Å². The maximum Gasteiger partial charge on any atom is 0.503 e. The van der Waals surface area contributed by atoms with Crippen LogP contribution >= 0.6 is 0 Å². The Labute approximate surface area is 169 Å². The SMILES string of the molecule is CCCCCCCCCCCN(C)CCCCCCCCCC.O=C(O)O. The van der Waals surface area contributed by atoms with Crippen molar-refractivity contribution in [1.29, 1.82) is 0 Å². The molecule has 4 nitrogen and oxygen atoms in total. The number of carbonyl (C=O) groups is 1. The molecule has 27 heavy (non-hydrogen) atoms. The van der Waals surface area contributed by atoms with Crippen LogP contribution in [0.15, 0.2) is 0 Å². The van der Waals surface area contributed by atoms with Gasteiger partial charge in [-0.1, -0.05) is 110 Å². The van der Waals surface area contributed by atoms with Gasteiger partial charge in [-0.05, 0) is 33.0 Å². The minimum absolute atomic E-state index is 1.31. The molecule has 0 aliphatic carbocycles. The van der Waals surface area contributed by atoms with Crippen molar-refractivity contribution in [3.63, 3.8) is 0 Å². The van der Waals surface area contributed by atoms with E-state index in [2.05, 4.69) is 25.8 Å². The van der Waals surface area contributed by atoms with Gasteiger partial charge in [-0.25, -0.2) is 4.79 Å². The summed E-state index contributed by atoms with van der Waals surface area (Å²) in [5.74, 6) is 0. The van der Waals surface area contributed by atoms with Crippen molar-refractivity contribution < 1.29 is 15.0 Å². The van der Waals surface area contributed by atoms with Gasteiger partial charge >= 0.3 is 6.16 Å². The van der Waals surface area contributed by atoms with Gasteiger partial charge in [-0.15, -0.1) is 0 Å². The van der Waals surface area contributed by atoms with Crippen LogP contribution in [0.5, 0.6) is 0 Å². The average Bonchev–Trinajstić information content (AvgIpc) is 2.62. The molecular weight excluding hydrogens is 338 g/mol. The Bertz CT molecular complexity index is 281. The fraction of sp³-hybridized carbons (Fsp3) is 0.957. The third-order valence-electron chi connectivity index (χ3n) is 5.04. The van der Waals surface area contributed by atoms with Gasteiger partial charge in [0.25, 0.3) is 0 Å². The summed E-state index contributed by atoms with van der Waals surface area (Å²) < 4.78 is 0. The fourth-order valence-electron chi connectivity index (χ4n) is 3.32. The molecule has 0 aliphatic heterocycles. The lowest BCUT2D eigenvalue weighted by Crippen LogP contribution is -2.20. The molecule has 0 unspecified atom stereocenters. The summed E-state index contributed by atoms with van der Waals surface area (Å²) in [5, 5.41) is 13.9. The van der Waals surface area contributed by atoms with Crippen molar-refractivity contribution in [2.75, 3.05) is 20.1 Å². The summed E-state index contributed by atoms with van der Waals surface area (Å²) in [6.07, 6.45) is 22.6. The van der Waals surface area contributed by atoms with Crippen molar-refractivity contribution in [3.05, 3.63) is 0 Å². The molecule has 0 atom stereocenters. The van der Waals surface area contributed by atoms with Crippen molar-refractivity contribution in [3.8, 4) is 0 Å². The number of nitrogens with zero attached hydrogens (tertiary/aromatic N) is 1. The van der Waals surface area contributed by atoms with Gasteiger partial charge in [-0.2, -0.15) is 0 Å². The summed E-state index contributed by atoms with van der Waals surface area (Å²) in [7, 11) is 2.31. The number of unbranched alkanes of at least 4 members (excludes halogenated alkanes) is 15. The van der Waals surface area contributed by atoms with Crippen LogP contribution in [-0.4, -0.2) is 41.4 Å². The van der Waals surface area contributed by atoms with Crippen LogP contribution < -0.4 is 0 Å². The monoisotopic (exact) mass is 387 g/mol. The zero-order valence-electron chi connectivity index (χ0n) is 18.7. The molecule has 0 aliphatic rings. The second-order valence-corrected chi connectivity index (χ2v) is 7.89. The van der Waals surface area contributed by atoms with Crippen LogP contribution in [0, 0.1) is 0 Å². The Morgan fingerprint density at radius 1 is 0.556 bits per heavy atom. The topological polar surface area (TPSA) is 60.8 Å². The molecule has 164 valence electrons. The van der Waals surface area contributed by atoms with E-state index >= 15 is 0 Å². The van der Waals surface area contributed by atoms with Crippen LogP contribution in [0.3, 0.4) is 0 Å². The zero-order valence-corrected chi connectivity index (χ0v) is 18.7. The van der Waals surface area contributed by atoms with E-state index in [4.69, 9.17) is 15.0 Å². The average molecular weight is 388 g/mol. The number of hydrogen-bond acceptors (Lipinski definition) is 2. The van der Waals surface area contributed by atoms with Gasteiger partial charge in [0.15, 0.2) is 0 Å². The van der Waals surface area contributed by atoms with E-state index in [0.29, 0.717) is 0 Å². The maximum atomic E-state index is 8.56. The lowest BCUT2D eigenvalue weighted by molar-refractivity contribution is 0.137. The largest absolute Gasteiger partial charge is 0.503 e. The summed E-state index contributed by atoms with van der Waals surface area (Å²) in [4.78, 5) is 11.1. The van der Waals surface area contributed by atoms with E-state index in [9.17, 15) is 0 Å². The Morgan fingerprint density at radius 2 is 0.778 bits per heavy atom. The van der Waals surface area contributed by atoms with Crippen LogP contribution in [-0.2, 0) is 0 Å². The quantitative estimate of drug-likeness (QED) is 0.222. The Kier molecular flexibility index (Phi) is 26.6. The van der Waals surface area contributed by atoms with Gasteiger partial charge in [0.1, 0.15) is 0 Å². The van der Waals surface area contributed by atoms with Gasteiger partial charge < -0.3 is 15.1 Å². The molecule has 0 radical (unpaired) electrons. The van der Waals surface area contributed by atoms with Crippen LogP contribution in [0.1, 0.15) is 123 Å². The highest BCUT2D eigenvalue weighted by molar-refractivity contribution is 5.53. The molecule has 0 amide bonds. The van der Waals surface area contributed by atoms with Crippen molar-refractivity contribution >= 4 is 6.16 Å².